The van der Waals surface area contributed by atoms with E-state index in [9.17, 15) is 4.79 Å². The van der Waals surface area contributed by atoms with Gasteiger partial charge in [-0.15, -0.1) is 0 Å². The van der Waals surface area contributed by atoms with Gasteiger partial charge in [-0.2, -0.15) is 0 Å². The van der Waals surface area contributed by atoms with E-state index >= 15 is 0 Å². The summed E-state index contributed by atoms with van der Waals surface area (Å²) in [6.07, 6.45) is 0. The van der Waals surface area contributed by atoms with Crippen LogP contribution in [0.2, 0.25) is 0 Å². The lowest BCUT2D eigenvalue weighted by Gasteiger charge is -2.25. The molecule has 0 fully saturated rings. The van der Waals surface area contributed by atoms with Crippen LogP contribution in [-0.2, 0) is 0 Å². The van der Waals surface area contributed by atoms with E-state index in [1.807, 2.05) is 91.0 Å². The molecule has 0 amide bonds. The first kappa shape index (κ1) is 21.1. The lowest BCUT2D eigenvalue weighted by Crippen LogP contribution is -2.10. The number of hydrogen-bond donors (Lipinski definition) is 2. The second-order valence-corrected chi connectivity index (χ2v) is 6.36. The van der Waals surface area contributed by atoms with Crippen LogP contribution in [0.15, 0.2) is 115 Å². The van der Waals surface area contributed by atoms with E-state index in [2.05, 4.69) is 29.2 Å². The molecule has 0 saturated carbocycles. The molecule has 0 bridgehead atoms. The number of anilines is 3. The van der Waals surface area contributed by atoms with E-state index in [0.717, 1.165) is 17.1 Å². The van der Waals surface area contributed by atoms with Crippen LogP contribution in [0.4, 0.5) is 17.1 Å². The molecule has 2 N–H and O–H groups in total. The third-order valence-corrected chi connectivity index (χ3v) is 4.45. The molecule has 4 rings (SSSR count). The van der Waals surface area contributed by atoms with E-state index in [4.69, 9.17) is 10.0 Å². The maximum Gasteiger partial charge on any atom is 0.482 e. The van der Waals surface area contributed by atoms with Gasteiger partial charge in [-0.25, -0.2) is 0 Å². The maximum atomic E-state index is 12.7. The Labute approximate surface area is 177 Å². The molecule has 5 heteroatoms. The van der Waals surface area contributed by atoms with Crippen molar-refractivity contribution in [3.8, 4) is 0 Å². The Kier molecular flexibility index (Phi) is 7.55. The molecular formula is C25H21BNO3. The van der Waals surface area contributed by atoms with Crippen LogP contribution in [0.25, 0.3) is 0 Å². The Morgan fingerprint density at radius 2 is 0.867 bits per heavy atom. The molecule has 1 radical (unpaired) electrons. The topological polar surface area (TPSA) is 60.8 Å². The molecule has 147 valence electrons. The second-order valence-electron chi connectivity index (χ2n) is 6.36. The SMILES string of the molecule is O=C(c1ccccc1)c1ccc(N(c2ccccc2)c2ccccc2)cc1.O[B]O. The number of hydrogen-bond acceptors (Lipinski definition) is 4. The lowest BCUT2D eigenvalue weighted by molar-refractivity contribution is 0.103. The highest BCUT2D eigenvalue weighted by Crippen LogP contribution is 2.34. The molecule has 4 aromatic carbocycles. The third kappa shape index (κ3) is 5.23. The van der Waals surface area contributed by atoms with Crippen molar-refractivity contribution in [3.05, 3.63) is 126 Å². The molecule has 0 aliphatic heterocycles. The van der Waals surface area contributed by atoms with Crippen LogP contribution in [0, 0.1) is 0 Å². The normalized spacial score (nSPS) is 9.80. The zero-order chi connectivity index (χ0) is 21.2. The predicted molar refractivity (Wildman–Crippen MR) is 121 cm³/mol. The fraction of sp³-hybridized carbons (Fsp3) is 0. The molecule has 0 unspecified atom stereocenters. The summed E-state index contributed by atoms with van der Waals surface area (Å²) >= 11 is 0. The Hall–Kier alpha value is -3.67. The van der Waals surface area contributed by atoms with Crippen molar-refractivity contribution in [2.45, 2.75) is 0 Å². The summed E-state index contributed by atoms with van der Waals surface area (Å²) in [4.78, 5) is 14.8. The third-order valence-electron chi connectivity index (χ3n) is 4.45. The first-order valence-electron chi connectivity index (χ1n) is 9.44. The fourth-order valence-electron chi connectivity index (χ4n) is 3.12. The minimum Gasteiger partial charge on any atom is -0.429 e. The summed E-state index contributed by atoms with van der Waals surface area (Å²) in [6, 6.07) is 37.6. The second kappa shape index (κ2) is 10.8. The van der Waals surface area contributed by atoms with Gasteiger partial charge in [0, 0.05) is 28.2 Å². The van der Waals surface area contributed by atoms with E-state index in [1.165, 1.54) is 0 Å². The molecule has 0 aromatic heterocycles. The molecular weight excluding hydrogens is 373 g/mol. The molecule has 4 aromatic rings. The van der Waals surface area contributed by atoms with Gasteiger partial charge in [0.05, 0.1) is 0 Å². The van der Waals surface area contributed by atoms with Crippen molar-refractivity contribution in [2.24, 2.45) is 0 Å². The minimum atomic E-state index is 0. The monoisotopic (exact) mass is 394 g/mol. The van der Waals surface area contributed by atoms with E-state index in [-0.39, 0.29) is 13.5 Å². The highest BCUT2D eigenvalue weighted by molar-refractivity contribution is 6.13. The van der Waals surface area contributed by atoms with Gasteiger partial charge in [-0.05, 0) is 48.5 Å². The van der Waals surface area contributed by atoms with Crippen molar-refractivity contribution in [2.75, 3.05) is 4.90 Å². The maximum absolute atomic E-state index is 12.7. The summed E-state index contributed by atoms with van der Waals surface area (Å²) < 4.78 is 0. The number of nitrogens with zero attached hydrogens (tertiary/aromatic N) is 1. The number of rotatable bonds is 5. The zero-order valence-corrected chi connectivity index (χ0v) is 16.3. The van der Waals surface area contributed by atoms with Gasteiger partial charge in [0.15, 0.2) is 5.78 Å². The summed E-state index contributed by atoms with van der Waals surface area (Å²) in [5.41, 5.74) is 4.55. The zero-order valence-electron chi connectivity index (χ0n) is 16.3. The Morgan fingerprint density at radius 1 is 0.533 bits per heavy atom. The standard InChI is InChI=1S/C25H19NO.BH2O2/c27-25(20-10-4-1-5-11-20)21-16-18-24(19-17-21)26(22-12-6-2-7-13-22)23-14-8-3-9-15-23;2-1-3/h1-19H;2-3H. The van der Waals surface area contributed by atoms with Gasteiger partial charge in [0.25, 0.3) is 0 Å². The van der Waals surface area contributed by atoms with Crippen molar-refractivity contribution in [1.29, 1.82) is 0 Å². The van der Waals surface area contributed by atoms with Gasteiger partial charge in [-0.1, -0.05) is 66.7 Å². The van der Waals surface area contributed by atoms with Crippen LogP contribution in [-0.4, -0.2) is 23.5 Å². The minimum absolute atomic E-state index is 0. The van der Waals surface area contributed by atoms with E-state index in [1.54, 1.807) is 0 Å². The smallest absolute Gasteiger partial charge is 0.429 e. The number of benzene rings is 4. The predicted octanol–water partition coefficient (Wildman–Crippen LogP) is 4.89. The van der Waals surface area contributed by atoms with E-state index < -0.39 is 0 Å². The number of para-hydroxylation sites is 2. The summed E-state index contributed by atoms with van der Waals surface area (Å²) in [5.74, 6) is 0.0353. The Morgan fingerprint density at radius 3 is 1.30 bits per heavy atom. The van der Waals surface area contributed by atoms with Crippen LogP contribution in [0.1, 0.15) is 15.9 Å². The highest BCUT2D eigenvalue weighted by atomic mass is 16.4. The van der Waals surface area contributed by atoms with Crippen molar-refractivity contribution >= 4 is 30.5 Å². The van der Waals surface area contributed by atoms with Crippen LogP contribution >= 0.6 is 0 Å². The van der Waals surface area contributed by atoms with Gasteiger partial charge in [0.1, 0.15) is 0 Å². The number of carbonyl (C=O) groups excluding carboxylic acids is 1. The first-order valence-corrected chi connectivity index (χ1v) is 9.44. The fourth-order valence-corrected chi connectivity index (χ4v) is 3.12. The Balaban J connectivity index is 0.000000806. The average Bonchev–Trinajstić information content (AvgIpc) is 2.82. The van der Waals surface area contributed by atoms with Gasteiger partial charge in [-0.3, -0.25) is 4.79 Å². The molecule has 0 aliphatic rings. The number of carbonyl (C=O) groups is 1. The molecule has 0 spiro atoms. The Bertz CT molecular complexity index is 1000. The number of ketones is 1. The highest BCUT2D eigenvalue weighted by Gasteiger charge is 2.13. The molecule has 0 atom stereocenters. The first-order chi connectivity index (χ1) is 14.7. The van der Waals surface area contributed by atoms with Crippen LogP contribution in [0.5, 0.6) is 0 Å². The summed E-state index contributed by atoms with van der Waals surface area (Å²) in [6.45, 7) is 0. The quantitative estimate of drug-likeness (QED) is 0.374. The van der Waals surface area contributed by atoms with Gasteiger partial charge in [0.2, 0.25) is 0 Å². The lowest BCUT2D eigenvalue weighted by atomic mass is 10.0. The van der Waals surface area contributed by atoms with Crippen molar-refractivity contribution < 1.29 is 14.8 Å². The summed E-state index contributed by atoms with van der Waals surface area (Å²) in [5, 5.41) is 14.0. The van der Waals surface area contributed by atoms with Crippen molar-refractivity contribution in [3.63, 3.8) is 0 Å². The van der Waals surface area contributed by atoms with E-state index in [0.29, 0.717) is 11.1 Å². The largest absolute Gasteiger partial charge is 0.482 e. The average molecular weight is 394 g/mol. The molecule has 4 nitrogen and oxygen atoms in total. The molecule has 0 aliphatic carbocycles. The van der Waals surface area contributed by atoms with Crippen molar-refractivity contribution in [1.82, 2.24) is 0 Å². The molecule has 30 heavy (non-hydrogen) atoms. The molecule has 0 heterocycles. The van der Waals surface area contributed by atoms with Crippen LogP contribution < -0.4 is 4.90 Å². The summed E-state index contributed by atoms with van der Waals surface area (Å²) in [7, 11) is 0. The molecule has 0 saturated heterocycles. The van der Waals surface area contributed by atoms with Crippen LogP contribution in [0.3, 0.4) is 0 Å². The van der Waals surface area contributed by atoms with Gasteiger partial charge >= 0.3 is 7.69 Å². The van der Waals surface area contributed by atoms with Gasteiger partial charge < -0.3 is 14.9 Å².